The molecule has 2 aromatic carbocycles. The predicted octanol–water partition coefficient (Wildman–Crippen LogP) is 3.01. The summed E-state index contributed by atoms with van der Waals surface area (Å²) in [4.78, 5) is 16.4. The highest BCUT2D eigenvalue weighted by Crippen LogP contribution is 2.38. The van der Waals surface area contributed by atoms with Gasteiger partial charge in [-0.3, -0.25) is 4.79 Å². The number of benzene rings is 2. The minimum absolute atomic E-state index is 0.00846. The Kier molecular flexibility index (Phi) is 4.37. The molecule has 2 aliphatic rings. The van der Waals surface area contributed by atoms with E-state index in [9.17, 15) is 13.2 Å². The minimum Gasteiger partial charge on any atom is -0.356 e. The second-order valence-electron chi connectivity index (χ2n) is 6.53. The molecule has 2 atom stereocenters. The summed E-state index contributed by atoms with van der Waals surface area (Å²) in [5.74, 6) is -0.277. The summed E-state index contributed by atoms with van der Waals surface area (Å²) >= 11 is 12.4. The fourth-order valence-electron chi connectivity index (χ4n) is 3.76. The standard InChI is InChI=1S/C18H16Cl2N2O3S/c19-12-6-7-14(20)15(8-12)22-17-11-26(24,25)10-16(17)21(9-18(22)23)13-4-2-1-3-5-13/h1-8,16-17H,9-11H2. The number of rotatable bonds is 2. The number of carbonyl (C=O) groups excluding carboxylic acids is 1. The number of fused-ring (bicyclic) bond motifs is 1. The molecule has 0 spiro atoms. The average molecular weight is 411 g/mol. The SMILES string of the molecule is O=C1CN(c2ccccc2)C2CS(=O)(=O)CC2N1c1cc(Cl)ccc1Cl. The van der Waals surface area contributed by atoms with Gasteiger partial charge in [-0.1, -0.05) is 41.4 Å². The minimum atomic E-state index is -3.27. The number of piperazine rings is 1. The van der Waals surface area contributed by atoms with Gasteiger partial charge in [0.15, 0.2) is 9.84 Å². The first-order valence-corrected chi connectivity index (χ1v) is 10.7. The summed E-state index contributed by atoms with van der Waals surface area (Å²) < 4.78 is 24.8. The first-order chi connectivity index (χ1) is 12.4. The summed E-state index contributed by atoms with van der Waals surface area (Å²) in [7, 11) is -3.27. The number of hydrogen-bond acceptors (Lipinski definition) is 4. The summed E-state index contributed by atoms with van der Waals surface area (Å²) in [6.45, 7) is 0.0868. The van der Waals surface area contributed by atoms with E-state index in [1.54, 1.807) is 18.2 Å². The molecule has 0 saturated carbocycles. The van der Waals surface area contributed by atoms with Crippen LogP contribution in [-0.4, -0.2) is 44.5 Å². The van der Waals surface area contributed by atoms with Gasteiger partial charge in [0.25, 0.3) is 0 Å². The van der Waals surface area contributed by atoms with Gasteiger partial charge in [-0.2, -0.15) is 0 Å². The third-order valence-electron chi connectivity index (χ3n) is 4.86. The lowest BCUT2D eigenvalue weighted by Crippen LogP contribution is -2.62. The zero-order valence-electron chi connectivity index (χ0n) is 13.7. The van der Waals surface area contributed by atoms with Crippen molar-refractivity contribution in [3.8, 4) is 0 Å². The number of sulfone groups is 1. The predicted molar refractivity (Wildman–Crippen MR) is 104 cm³/mol. The molecule has 0 aromatic heterocycles. The van der Waals surface area contributed by atoms with Crippen LogP contribution in [0.5, 0.6) is 0 Å². The molecule has 2 aliphatic heterocycles. The maximum atomic E-state index is 13.0. The molecule has 0 N–H and O–H groups in total. The number of halogens is 2. The van der Waals surface area contributed by atoms with Gasteiger partial charge in [-0.15, -0.1) is 0 Å². The van der Waals surface area contributed by atoms with E-state index < -0.39 is 15.9 Å². The van der Waals surface area contributed by atoms with Crippen molar-refractivity contribution in [2.75, 3.05) is 27.9 Å². The van der Waals surface area contributed by atoms with Crippen molar-refractivity contribution in [1.29, 1.82) is 0 Å². The van der Waals surface area contributed by atoms with E-state index >= 15 is 0 Å². The molecular formula is C18H16Cl2N2O3S. The zero-order chi connectivity index (χ0) is 18.5. The summed E-state index contributed by atoms with van der Waals surface area (Å²) in [6, 6.07) is 13.5. The maximum Gasteiger partial charge on any atom is 0.246 e. The van der Waals surface area contributed by atoms with Gasteiger partial charge in [0.05, 0.1) is 40.8 Å². The van der Waals surface area contributed by atoms with Crippen molar-refractivity contribution in [2.45, 2.75) is 12.1 Å². The molecule has 2 fully saturated rings. The van der Waals surface area contributed by atoms with Crippen LogP contribution in [0.2, 0.25) is 10.0 Å². The fourth-order valence-corrected chi connectivity index (χ4v) is 6.09. The second kappa shape index (κ2) is 6.44. The van der Waals surface area contributed by atoms with Gasteiger partial charge in [-0.25, -0.2) is 8.42 Å². The van der Waals surface area contributed by atoms with E-state index in [1.165, 1.54) is 4.90 Å². The van der Waals surface area contributed by atoms with Crippen molar-refractivity contribution in [2.24, 2.45) is 0 Å². The molecule has 2 saturated heterocycles. The Hall–Kier alpha value is -1.76. The average Bonchev–Trinajstić information content (AvgIpc) is 2.92. The summed E-state index contributed by atoms with van der Waals surface area (Å²) in [5, 5.41) is 0.819. The topological polar surface area (TPSA) is 57.7 Å². The van der Waals surface area contributed by atoms with Crippen molar-refractivity contribution < 1.29 is 13.2 Å². The van der Waals surface area contributed by atoms with E-state index in [1.807, 2.05) is 35.2 Å². The number of hydrogen-bond donors (Lipinski definition) is 0. The number of anilines is 2. The Morgan fingerprint density at radius 1 is 0.962 bits per heavy atom. The molecule has 0 bridgehead atoms. The summed E-state index contributed by atoms with van der Waals surface area (Å²) in [6.07, 6.45) is 0. The molecule has 26 heavy (non-hydrogen) atoms. The van der Waals surface area contributed by atoms with E-state index in [0.717, 1.165) is 5.69 Å². The van der Waals surface area contributed by atoms with Crippen LogP contribution in [-0.2, 0) is 14.6 Å². The van der Waals surface area contributed by atoms with Gasteiger partial charge < -0.3 is 9.80 Å². The highest BCUT2D eigenvalue weighted by atomic mass is 35.5. The van der Waals surface area contributed by atoms with Crippen molar-refractivity contribution >= 4 is 50.3 Å². The third-order valence-corrected chi connectivity index (χ3v) is 7.11. The van der Waals surface area contributed by atoms with Crippen LogP contribution in [0.1, 0.15) is 0 Å². The lowest BCUT2D eigenvalue weighted by molar-refractivity contribution is -0.118. The van der Waals surface area contributed by atoms with Gasteiger partial charge in [0, 0.05) is 10.7 Å². The van der Waals surface area contributed by atoms with Gasteiger partial charge in [0.1, 0.15) is 0 Å². The Morgan fingerprint density at radius 2 is 1.65 bits per heavy atom. The first kappa shape index (κ1) is 17.6. The smallest absolute Gasteiger partial charge is 0.246 e. The van der Waals surface area contributed by atoms with Gasteiger partial charge >= 0.3 is 0 Å². The normalized spacial score (nSPS) is 24.6. The number of carbonyl (C=O) groups is 1. The number of para-hydroxylation sites is 1. The molecule has 136 valence electrons. The summed E-state index contributed by atoms with van der Waals surface area (Å²) in [5.41, 5.74) is 1.30. The van der Waals surface area contributed by atoms with E-state index in [0.29, 0.717) is 15.7 Å². The molecule has 2 heterocycles. The Morgan fingerprint density at radius 3 is 2.38 bits per heavy atom. The Balaban J connectivity index is 1.80. The zero-order valence-corrected chi connectivity index (χ0v) is 16.0. The molecule has 2 unspecified atom stereocenters. The van der Waals surface area contributed by atoms with Crippen LogP contribution in [0.4, 0.5) is 11.4 Å². The number of nitrogens with zero attached hydrogens (tertiary/aromatic N) is 2. The van der Waals surface area contributed by atoms with Crippen LogP contribution >= 0.6 is 23.2 Å². The molecule has 0 radical (unpaired) electrons. The molecular weight excluding hydrogens is 395 g/mol. The largest absolute Gasteiger partial charge is 0.356 e. The van der Waals surface area contributed by atoms with Crippen molar-refractivity contribution in [3.05, 3.63) is 58.6 Å². The van der Waals surface area contributed by atoms with Crippen LogP contribution < -0.4 is 9.80 Å². The number of amides is 1. The molecule has 1 amide bonds. The van der Waals surface area contributed by atoms with Gasteiger partial charge in [-0.05, 0) is 30.3 Å². The first-order valence-electron chi connectivity index (χ1n) is 8.15. The van der Waals surface area contributed by atoms with Crippen LogP contribution in [0, 0.1) is 0 Å². The van der Waals surface area contributed by atoms with E-state index in [2.05, 4.69) is 0 Å². The van der Waals surface area contributed by atoms with E-state index in [4.69, 9.17) is 23.2 Å². The molecule has 4 rings (SSSR count). The Bertz CT molecular complexity index is 966. The fraction of sp³-hybridized carbons (Fsp3) is 0.278. The van der Waals surface area contributed by atoms with Gasteiger partial charge in [0.2, 0.25) is 5.91 Å². The third kappa shape index (κ3) is 3.06. The highest BCUT2D eigenvalue weighted by molar-refractivity contribution is 7.91. The van der Waals surface area contributed by atoms with Crippen LogP contribution in [0.15, 0.2) is 48.5 Å². The lowest BCUT2D eigenvalue weighted by atomic mass is 10.0. The maximum absolute atomic E-state index is 13.0. The Labute approximate surface area is 162 Å². The van der Waals surface area contributed by atoms with E-state index in [-0.39, 0.29) is 30.0 Å². The second-order valence-corrected chi connectivity index (χ2v) is 9.53. The molecule has 5 nitrogen and oxygen atoms in total. The molecule has 2 aromatic rings. The van der Waals surface area contributed by atoms with Crippen molar-refractivity contribution in [1.82, 2.24) is 0 Å². The molecule has 8 heteroatoms. The molecule has 0 aliphatic carbocycles. The van der Waals surface area contributed by atoms with Crippen LogP contribution in [0.25, 0.3) is 0 Å². The monoisotopic (exact) mass is 410 g/mol. The lowest BCUT2D eigenvalue weighted by Gasteiger charge is -2.44. The highest BCUT2D eigenvalue weighted by Gasteiger charge is 2.50. The van der Waals surface area contributed by atoms with Crippen molar-refractivity contribution in [3.63, 3.8) is 0 Å². The quantitative estimate of drug-likeness (QED) is 0.763. The van der Waals surface area contributed by atoms with Crippen LogP contribution in [0.3, 0.4) is 0 Å².